The molecular weight excluding hydrogens is 319 g/mol. The molecule has 1 aliphatic rings. The second-order valence-electron chi connectivity index (χ2n) is 5.91. The third-order valence-corrected chi connectivity index (χ3v) is 4.63. The highest BCUT2D eigenvalue weighted by molar-refractivity contribution is 9.10. The SMILES string of the molecule is CC(C)CC[C@H](c1c(F)cccc1Br)N1CCNCC1. The van der Waals surface area contributed by atoms with Crippen LogP contribution in [0.3, 0.4) is 0 Å². The van der Waals surface area contributed by atoms with E-state index in [4.69, 9.17) is 0 Å². The molecule has 1 aromatic rings. The topological polar surface area (TPSA) is 15.3 Å². The van der Waals surface area contributed by atoms with Gasteiger partial charge in [-0.15, -0.1) is 0 Å². The van der Waals surface area contributed by atoms with Crippen LogP contribution in [0.2, 0.25) is 0 Å². The van der Waals surface area contributed by atoms with Crippen molar-refractivity contribution in [3.63, 3.8) is 0 Å². The van der Waals surface area contributed by atoms with Gasteiger partial charge in [0.1, 0.15) is 5.82 Å². The van der Waals surface area contributed by atoms with E-state index in [1.54, 1.807) is 12.1 Å². The van der Waals surface area contributed by atoms with Crippen LogP contribution in [-0.4, -0.2) is 31.1 Å². The standard InChI is InChI=1S/C16H24BrFN2/c1-12(2)6-7-15(20-10-8-19-9-11-20)16-13(17)4-3-5-14(16)18/h3-5,12,15,19H,6-11H2,1-2H3/t15-/m1/s1. The minimum absolute atomic E-state index is 0.0911. The molecule has 0 radical (unpaired) electrons. The Morgan fingerprint density at radius 3 is 2.55 bits per heavy atom. The van der Waals surface area contributed by atoms with E-state index in [0.717, 1.165) is 49.1 Å². The van der Waals surface area contributed by atoms with Crippen LogP contribution in [0, 0.1) is 11.7 Å². The lowest BCUT2D eigenvalue weighted by molar-refractivity contribution is 0.156. The molecule has 2 nitrogen and oxygen atoms in total. The first kappa shape index (κ1) is 15.9. The van der Waals surface area contributed by atoms with Crippen LogP contribution in [0.5, 0.6) is 0 Å². The van der Waals surface area contributed by atoms with Gasteiger partial charge in [-0.3, -0.25) is 4.90 Å². The fraction of sp³-hybridized carbons (Fsp3) is 0.625. The van der Waals surface area contributed by atoms with Crippen LogP contribution in [0.1, 0.15) is 38.3 Å². The molecule has 1 atom stereocenters. The largest absolute Gasteiger partial charge is 0.314 e. The summed E-state index contributed by atoms with van der Waals surface area (Å²) in [6.45, 7) is 8.41. The summed E-state index contributed by atoms with van der Waals surface area (Å²) in [7, 11) is 0. The summed E-state index contributed by atoms with van der Waals surface area (Å²) in [5.41, 5.74) is 0.829. The van der Waals surface area contributed by atoms with Gasteiger partial charge in [0.05, 0.1) is 0 Å². The Balaban J connectivity index is 2.24. The summed E-state index contributed by atoms with van der Waals surface area (Å²) >= 11 is 3.54. The van der Waals surface area contributed by atoms with Crippen LogP contribution in [0.15, 0.2) is 22.7 Å². The van der Waals surface area contributed by atoms with Gasteiger partial charge in [-0.25, -0.2) is 4.39 Å². The summed E-state index contributed by atoms with van der Waals surface area (Å²) in [4.78, 5) is 2.42. The average Bonchev–Trinajstić information content (AvgIpc) is 2.42. The molecule has 20 heavy (non-hydrogen) atoms. The number of nitrogens with one attached hydrogen (secondary N) is 1. The number of hydrogen-bond acceptors (Lipinski definition) is 2. The minimum atomic E-state index is -0.0911. The molecule has 1 aliphatic heterocycles. The first-order chi connectivity index (χ1) is 9.59. The zero-order valence-corrected chi connectivity index (χ0v) is 13.9. The van der Waals surface area contributed by atoms with Crippen molar-refractivity contribution in [3.05, 3.63) is 34.1 Å². The third kappa shape index (κ3) is 4.03. The maximum atomic E-state index is 14.3. The van der Waals surface area contributed by atoms with Crippen molar-refractivity contribution in [2.75, 3.05) is 26.2 Å². The summed E-state index contributed by atoms with van der Waals surface area (Å²) in [5, 5.41) is 3.37. The van der Waals surface area contributed by atoms with Crippen LogP contribution in [-0.2, 0) is 0 Å². The van der Waals surface area contributed by atoms with Gasteiger partial charge in [0, 0.05) is 42.3 Å². The lowest BCUT2D eigenvalue weighted by Gasteiger charge is -2.36. The zero-order chi connectivity index (χ0) is 14.5. The van der Waals surface area contributed by atoms with Gasteiger partial charge in [-0.2, -0.15) is 0 Å². The second kappa shape index (κ2) is 7.53. The smallest absolute Gasteiger partial charge is 0.129 e. The number of halogens is 2. The second-order valence-corrected chi connectivity index (χ2v) is 6.76. The molecule has 0 aliphatic carbocycles. The first-order valence-corrected chi connectivity index (χ1v) is 8.27. The van der Waals surface area contributed by atoms with E-state index in [1.165, 1.54) is 0 Å². The fourth-order valence-corrected chi connectivity index (χ4v) is 3.43. The molecule has 0 unspecified atom stereocenters. The molecule has 4 heteroatoms. The Morgan fingerprint density at radius 1 is 1.25 bits per heavy atom. The Hall–Kier alpha value is -0.450. The highest BCUT2D eigenvalue weighted by Crippen LogP contribution is 2.34. The highest BCUT2D eigenvalue weighted by atomic mass is 79.9. The molecule has 112 valence electrons. The molecule has 1 heterocycles. The monoisotopic (exact) mass is 342 g/mol. The average molecular weight is 343 g/mol. The van der Waals surface area contributed by atoms with E-state index in [1.807, 2.05) is 6.07 Å². The summed E-state index contributed by atoms with van der Waals surface area (Å²) in [6, 6.07) is 5.46. The minimum Gasteiger partial charge on any atom is -0.314 e. The summed E-state index contributed by atoms with van der Waals surface area (Å²) < 4.78 is 15.2. The summed E-state index contributed by atoms with van der Waals surface area (Å²) in [6.07, 6.45) is 2.13. The molecule has 0 aromatic heterocycles. The van der Waals surface area contributed by atoms with Gasteiger partial charge in [0.25, 0.3) is 0 Å². The van der Waals surface area contributed by atoms with Crippen LogP contribution in [0.25, 0.3) is 0 Å². The lowest BCUT2D eigenvalue weighted by Crippen LogP contribution is -2.45. The van der Waals surface area contributed by atoms with E-state index in [2.05, 4.69) is 40.0 Å². The Bertz CT molecular complexity index is 410. The number of rotatable bonds is 5. The molecule has 1 N–H and O–H groups in total. The van der Waals surface area contributed by atoms with Crippen LogP contribution >= 0.6 is 15.9 Å². The quantitative estimate of drug-likeness (QED) is 0.870. The Labute approximate surface area is 129 Å². The third-order valence-electron chi connectivity index (χ3n) is 3.94. The molecule has 0 saturated carbocycles. The van der Waals surface area contributed by atoms with E-state index in [0.29, 0.717) is 5.92 Å². The van der Waals surface area contributed by atoms with Gasteiger partial charge < -0.3 is 5.32 Å². The maximum Gasteiger partial charge on any atom is 0.129 e. The number of piperazine rings is 1. The molecule has 0 spiro atoms. The van der Waals surface area contributed by atoms with Gasteiger partial charge >= 0.3 is 0 Å². The number of hydrogen-bond donors (Lipinski definition) is 1. The van der Waals surface area contributed by atoms with Gasteiger partial charge in [-0.05, 0) is 30.9 Å². The molecule has 1 fully saturated rings. The van der Waals surface area contributed by atoms with Crippen molar-refractivity contribution in [3.8, 4) is 0 Å². The van der Waals surface area contributed by atoms with Crippen molar-refractivity contribution in [1.82, 2.24) is 10.2 Å². The van der Waals surface area contributed by atoms with Crippen LogP contribution in [0.4, 0.5) is 4.39 Å². The number of benzene rings is 1. The normalized spacial score (nSPS) is 18.4. The van der Waals surface area contributed by atoms with Gasteiger partial charge in [-0.1, -0.05) is 35.8 Å². The highest BCUT2D eigenvalue weighted by Gasteiger charge is 2.26. The van der Waals surface area contributed by atoms with E-state index >= 15 is 0 Å². The fourth-order valence-electron chi connectivity index (χ4n) is 2.82. The predicted octanol–water partition coefficient (Wildman–Crippen LogP) is 3.97. The maximum absolute atomic E-state index is 14.3. The first-order valence-electron chi connectivity index (χ1n) is 7.48. The van der Waals surface area contributed by atoms with E-state index in [-0.39, 0.29) is 11.9 Å². The molecule has 1 saturated heterocycles. The molecule has 0 amide bonds. The van der Waals surface area contributed by atoms with Crippen LogP contribution < -0.4 is 5.32 Å². The molecule has 1 aromatic carbocycles. The van der Waals surface area contributed by atoms with Crippen molar-refractivity contribution in [2.24, 2.45) is 5.92 Å². The van der Waals surface area contributed by atoms with E-state index in [9.17, 15) is 4.39 Å². The molecular formula is C16H24BrFN2. The summed E-state index contributed by atoms with van der Waals surface area (Å²) in [5.74, 6) is 0.553. The molecule has 0 bridgehead atoms. The van der Waals surface area contributed by atoms with Gasteiger partial charge in [0.2, 0.25) is 0 Å². The van der Waals surface area contributed by atoms with Crippen molar-refractivity contribution >= 4 is 15.9 Å². The Kier molecular flexibility index (Phi) is 6.00. The van der Waals surface area contributed by atoms with Gasteiger partial charge in [0.15, 0.2) is 0 Å². The van der Waals surface area contributed by atoms with Crippen molar-refractivity contribution < 1.29 is 4.39 Å². The van der Waals surface area contributed by atoms with E-state index < -0.39 is 0 Å². The lowest BCUT2D eigenvalue weighted by atomic mass is 9.95. The van der Waals surface area contributed by atoms with Crippen molar-refractivity contribution in [2.45, 2.75) is 32.7 Å². The predicted molar refractivity (Wildman–Crippen MR) is 85.4 cm³/mol. The van der Waals surface area contributed by atoms with Crippen molar-refractivity contribution in [1.29, 1.82) is 0 Å². The number of nitrogens with zero attached hydrogens (tertiary/aromatic N) is 1. The zero-order valence-electron chi connectivity index (χ0n) is 12.3. The Morgan fingerprint density at radius 2 is 1.95 bits per heavy atom. The molecule has 2 rings (SSSR count).